The molecule has 3 N–H and O–H groups in total. The molecule has 0 saturated heterocycles. The van der Waals surface area contributed by atoms with Gasteiger partial charge in [-0.15, -0.1) is 11.3 Å². The van der Waals surface area contributed by atoms with Gasteiger partial charge in [-0.05, 0) is 24.5 Å². The number of sulfonamides is 1. The van der Waals surface area contributed by atoms with E-state index in [0.29, 0.717) is 23.2 Å². The van der Waals surface area contributed by atoms with Crippen molar-refractivity contribution < 1.29 is 8.42 Å². The van der Waals surface area contributed by atoms with Crippen LogP contribution in [0.3, 0.4) is 0 Å². The number of thiazole rings is 1. The highest BCUT2D eigenvalue weighted by molar-refractivity contribution is 7.92. The summed E-state index contributed by atoms with van der Waals surface area (Å²) in [6, 6.07) is 7.31. The number of anilines is 2. The van der Waals surface area contributed by atoms with E-state index in [1.807, 2.05) is 31.4 Å². The van der Waals surface area contributed by atoms with Crippen molar-refractivity contribution in [2.45, 2.75) is 20.3 Å². The highest BCUT2D eigenvalue weighted by Crippen LogP contribution is 2.26. The minimum Gasteiger partial charge on any atom is -0.399 e. The number of aromatic nitrogens is 1. The molecule has 1 aromatic carbocycles. The summed E-state index contributed by atoms with van der Waals surface area (Å²) in [6.07, 6.45) is 0.630. The van der Waals surface area contributed by atoms with Crippen LogP contribution in [0.5, 0.6) is 0 Å². The lowest BCUT2D eigenvalue weighted by molar-refractivity contribution is 0.578. The largest absolute Gasteiger partial charge is 0.399 e. The molecule has 0 atom stereocenters. The molecule has 0 bridgehead atoms. The van der Waals surface area contributed by atoms with Crippen LogP contribution >= 0.6 is 11.3 Å². The van der Waals surface area contributed by atoms with Gasteiger partial charge in [-0.25, -0.2) is 13.4 Å². The zero-order valence-electron chi connectivity index (χ0n) is 12.0. The van der Waals surface area contributed by atoms with Crippen LogP contribution in [-0.2, 0) is 10.0 Å². The van der Waals surface area contributed by atoms with Gasteiger partial charge in [-0.1, -0.05) is 26.0 Å². The first-order chi connectivity index (χ1) is 9.85. The van der Waals surface area contributed by atoms with Gasteiger partial charge < -0.3 is 5.73 Å². The predicted octanol–water partition coefficient (Wildman–Crippen LogP) is 3.18. The number of nitrogens with two attached hydrogens (primary N) is 1. The van der Waals surface area contributed by atoms with Crippen molar-refractivity contribution in [3.8, 4) is 11.3 Å². The maximum Gasteiger partial charge on any atom is 0.234 e. The van der Waals surface area contributed by atoms with Gasteiger partial charge in [0.15, 0.2) is 5.13 Å². The van der Waals surface area contributed by atoms with Crippen LogP contribution < -0.4 is 10.5 Å². The number of benzene rings is 1. The van der Waals surface area contributed by atoms with E-state index in [4.69, 9.17) is 5.73 Å². The molecule has 114 valence electrons. The van der Waals surface area contributed by atoms with Gasteiger partial charge in [0.05, 0.1) is 11.4 Å². The van der Waals surface area contributed by atoms with Crippen molar-refractivity contribution >= 4 is 32.2 Å². The molecule has 2 rings (SSSR count). The lowest BCUT2D eigenvalue weighted by atomic mass is 10.2. The smallest absolute Gasteiger partial charge is 0.234 e. The van der Waals surface area contributed by atoms with Crippen LogP contribution in [-0.4, -0.2) is 19.2 Å². The lowest BCUT2D eigenvalue weighted by Gasteiger charge is -2.06. The van der Waals surface area contributed by atoms with Crippen LogP contribution in [0.4, 0.5) is 10.8 Å². The first kappa shape index (κ1) is 15.8. The molecule has 0 unspecified atom stereocenters. The molecule has 0 aliphatic heterocycles. The topological polar surface area (TPSA) is 85.1 Å². The van der Waals surface area contributed by atoms with E-state index in [9.17, 15) is 8.42 Å². The first-order valence-electron chi connectivity index (χ1n) is 6.67. The molecule has 0 spiro atoms. The zero-order valence-corrected chi connectivity index (χ0v) is 13.7. The second-order valence-corrected chi connectivity index (χ2v) is 7.96. The zero-order chi connectivity index (χ0) is 15.5. The lowest BCUT2D eigenvalue weighted by Crippen LogP contribution is -2.17. The molecule has 0 aliphatic rings. The van der Waals surface area contributed by atoms with E-state index in [2.05, 4.69) is 9.71 Å². The second kappa shape index (κ2) is 6.44. The Labute approximate surface area is 129 Å². The summed E-state index contributed by atoms with van der Waals surface area (Å²) in [5.74, 6) is 0.463. The fourth-order valence-electron chi connectivity index (χ4n) is 1.68. The molecule has 0 amide bonds. The molecule has 7 heteroatoms. The van der Waals surface area contributed by atoms with Crippen LogP contribution in [0, 0.1) is 5.92 Å². The summed E-state index contributed by atoms with van der Waals surface area (Å²) in [4.78, 5) is 4.31. The van der Waals surface area contributed by atoms with Crippen LogP contribution in [0.25, 0.3) is 11.3 Å². The Kier molecular flexibility index (Phi) is 4.84. The van der Waals surface area contributed by atoms with Gasteiger partial charge in [-0.2, -0.15) is 0 Å². The Hall–Kier alpha value is -1.60. The Morgan fingerprint density at radius 3 is 2.57 bits per heavy atom. The quantitative estimate of drug-likeness (QED) is 0.799. The highest BCUT2D eigenvalue weighted by Gasteiger charge is 2.14. The summed E-state index contributed by atoms with van der Waals surface area (Å²) in [7, 11) is -3.33. The maximum atomic E-state index is 11.9. The monoisotopic (exact) mass is 325 g/mol. The van der Waals surface area contributed by atoms with Crippen LogP contribution in [0.2, 0.25) is 0 Å². The van der Waals surface area contributed by atoms with E-state index >= 15 is 0 Å². The SMILES string of the molecule is CC(C)CCS(=O)(=O)Nc1nc(-c2ccc(N)cc2)cs1. The fraction of sp³-hybridized carbons (Fsp3) is 0.357. The average Bonchev–Trinajstić information content (AvgIpc) is 2.85. The molecule has 1 aromatic heterocycles. The Morgan fingerprint density at radius 2 is 1.95 bits per heavy atom. The van der Waals surface area contributed by atoms with Crippen molar-refractivity contribution in [1.82, 2.24) is 4.98 Å². The van der Waals surface area contributed by atoms with Gasteiger partial charge >= 0.3 is 0 Å². The molecule has 0 fully saturated rings. The third-order valence-corrected chi connectivity index (χ3v) is 5.08. The highest BCUT2D eigenvalue weighted by atomic mass is 32.2. The Bertz CT molecular complexity index is 691. The number of hydrogen-bond donors (Lipinski definition) is 2. The van der Waals surface area contributed by atoms with E-state index in [1.165, 1.54) is 11.3 Å². The molecule has 21 heavy (non-hydrogen) atoms. The molecule has 0 radical (unpaired) electrons. The van der Waals surface area contributed by atoms with Crippen molar-refractivity contribution in [1.29, 1.82) is 0 Å². The van der Waals surface area contributed by atoms with Gasteiger partial charge in [0.2, 0.25) is 10.0 Å². The van der Waals surface area contributed by atoms with E-state index < -0.39 is 10.0 Å². The number of nitrogen functional groups attached to an aromatic ring is 1. The predicted molar refractivity (Wildman–Crippen MR) is 88.8 cm³/mol. The van der Waals surface area contributed by atoms with Gasteiger partial charge in [0, 0.05) is 16.6 Å². The number of nitrogens with zero attached hydrogens (tertiary/aromatic N) is 1. The second-order valence-electron chi connectivity index (χ2n) is 5.26. The normalized spacial score (nSPS) is 11.8. The molecule has 2 aromatic rings. The summed E-state index contributed by atoms with van der Waals surface area (Å²) in [5.41, 5.74) is 7.97. The Morgan fingerprint density at radius 1 is 1.29 bits per heavy atom. The van der Waals surface area contributed by atoms with Gasteiger partial charge in [0.25, 0.3) is 0 Å². The van der Waals surface area contributed by atoms with E-state index in [-0.39, 0.29) is 5.75 Å². The molecule has 0 saturated carbocycles. The minimum atomic E-state index is -3.33. The van der Waals surface area contributed by atoms with E-state index in [1.54, 1.807) is 12.1 Å². The van der Waals surface area contributed by atoms with Crippen molar-refractivity contribution in [2.24, 2.45) is 5.92 Å². The first-order valence-corrected chi connectivity index (χ1v) is 9.21. The minimum absolute atomic E-state index is 0.113. The van der Waals surface area contributed by atoms with Crippen LogP contribution in [0.15, 0.2) is 29.6 Å². The molecular weight excluding hydrogens is 306 g/mol. The van der Waals surface area contributed by atoms with Crippen molar-refractivity contribution in [2.75, 3.05) is 16.2 Å². The molecule has 5 nitrogen and oxygen atoms in total. The molecule has 1 heterocycles. The summed E-state index contributed by atoms with van der Waals surface area (Å²) < 4.78 is 26.4. The molecular formula is C14H19N3O2S2. The number of nitrogens with one attached hydrogen (secondary N) is 1. The number of hydrogen-bond acceptors (Lipinski definition) is 5. The summed E-state index contributed by atoms with van der Waals surface area (Å²) in [5, 5.41) is 2.22. The van der Waals surface area contributed by atoms with Crippen molar-refractivity contribution in [3.63, 3.8) is 0 Å². The number of rotatable bonds is 6. The van der Waals surface area contributed by atoms with Gasteiger partial charge in [-0.3, -0.25) is 4.72 Å². The fourth-order valence-corrected chi connectivity index (χ4v) is 4.01. The summed E-state index contributed by atoms with van der Waals surface area (Å²) >= 11 is 1.28. The standard InChI is InChI=1S/C14H19N3O2S2/c1-10(2)7-8-21(18,19)17-14-16-13(9-20-14)11-3-5-12(15)6-4-11/h3-6,9-10H,7-8,15H2,1-2H3,(H,16,17). The van der Waals surface area contributed by atoms with Gasteiger partial charge in [0.1, 0.15) is 0 Å². The third kappa shape index (κ3) is 4.71. The average molecular weight is 325 g/mol. The van der Waals surface area contributed by atoms with Crippen LogP contribution in [0.1, 0.15) is 20.3 Å². The van der Waals surface area contributed by atoms with E-state index in [0.717, 1.165) is 11.3 Å². The summed E-state index contributed by atoms with van der Waals surface area (Å²) in [6.45, 7) is 4.00. The van der Waals surface area contributed by atoms with Crippen molar-refractivity contribution in [3.05, 3.63) is 29.6 Å². The third-order valence-electron chi connectivity index (χ3n) is 2.92. The maximum absolute atomic E-state index is 11.9. The molecule has 0 aliphatic carbocycles. The Balaban J connectivity index is 2.08.